The molecule has 0 bridgehead atoms. The minimum atomic E-state index is -3.93. The molecule has 1 N–H and O–H groups in total. The minimum absolute atomic E-state index is 0.0529. The predicted molar refractivity (Wildman–Crippen MR) is 108 cm³/mol. The van der Waals surface area contributed by atoms with Crippen molar-refractivity contribution in [2.45, 2.75) is 11.8 Å². The Morgan fingerprint density at radius 3 is 2.39 bits per heavy atom. The van der Waals surface area contributed by atoms with Gasteiger partial charge >= 0.3 is 0 Å². The zero-order chi connectivity index (χ0) is 22.8. The van der Waals surface area contributed by atoms with Gasteiger partial charge in [-0.2, -0.15) is 4.31 Å². The summed E-state index contributed by atoms with van der Waals surface area (Å²) in [5.74, 6) is -2.54. The van der Waals surface area contributed by atoms with E-state index in [9.17, 15) is 32.1 Å². The summed E-state index contributed by atoms with van der Waals surface area (Å²) in [5.41, 5.74) is 0.210. The van der Waals surface area contributed by atoms with Gasteiger partial charge in [-0.25, -0.2) is 17.2 Å². The number of sulfonamides is 1. The quantitative estimate of drug-likeness (QED) is 0.529. The monoisotopic (exact) mass is 454 g/mol. The highest BCUT2D eigenvalue weighted by Crippen LogP contribution is 2.25. The third-order valence-electron chi connectivity index (χ3n) is 4.90. The molecule has 2 aromatic carbocycles. The van der Waals surface area contributed by atoms with E-state index >= 15 is 0 Å². The zero-order valence-corrected chi connectivity index (χ0v) is 17.4. The minimum Gasteiger partial charge on any atom is -0.325 e. The number of carbonyl (C=O) groups is 1. The van der Waals surface area contributed by atoms with Crippen molar-refractivity contribution in [2.75, 3.05) is 38.0 Å². The van der Waals surface area contributed by atoms with Gasteiger partial charge in [0.05, 0.1) is 16.4 Å². The third-order valence-corrected chi connectivity index (χ3v) is 6.94. The number of carbonyl (C=O) groups excluding carboxylic acids is 1. The van der Waals surface area contributed by atoms with Crippen LogP contribution in [0, 0.1) is 28.7 Å². The molecular formula is C19H20F2N4O5S. The smallest absolute Gasteiger partial charge is 0.270 e. The summed E-state index contributed by atoms with van der Waals surface area (Å²) < 4.78 is 53.3. The van der Waals surface area contributed by atoms with Crippen LogP contribution in [0.25, 0.3) is 0 Å². The highest BCUT2D eigenvalue weighted by Gasteiger charge is 2.31. The fourth-order valence-electron chi connectivity index (χ4n) is 3.22. The van der Waals surface area contributed by atoms with Crippen LogP contribution in [-0.4, -0.2) is 61.2 Å². The number of aryl methyl sites for hydroxylation is 1. The lowest BCUT2D eigenvalue weighted by atomic mass is 10.2. The first-order chi connectivity index (χ1) is 14.6. The Hall–Kier alpha value is -2.96. The van der Waals surface area contributed by atoms with Crippen LogP contribution in [-0.2, 0) is 14.8 Å². The molecule has 0 radical (unpaired) electrons. The summed E-state index contributed by atoms with van der Waals surface area (Å²) in [5, 5.41) is 13.5. The van der Waals surface area contributed by atoms with Crippen molar-refractivity contribution in [1.29, 1.82) is 0 Å². The first kappa shape index (κ1) is 22.7. The second kappa shape index (κ2) is 9.04. The number of nitrogens with zero attached hydrogens (tertiary/aromatic N) is 3. The number of halogens is 2. The van der Waals surface area contributed by atoms with Gasteiger partial charge in [-0.15, -0.1) is 0 Å². The standard InChI is InChI=1S/C19H20F2N4O5S/c1-13-2-4-15(25(27)28)11-18(13)31(29,30)24-8-6-23(7-9-24)12-19(26)22-14-3-5-16(20)17(21)10-14/h2-5,10-11H,6-9,12H2,1H3,(H,22,26). The van der Waals surface area contributed by atoms with Gasteiger partial charge in [0.1, 0.15) is 0 Å². The van der Waals surface area contributed by atoms with Gasteiger partial charge in [0.25, 0.3) is 5.69 Å². The highest BCUT2D eigenvalue weighted by molar-refractivity contribution is 7.89. The van der Waals surface area contributed by atoms with Crippen LogP contribution < -0.4 is 5.32 Å². The number of benzene rings is 2. The molecule has 2 aromatic rings. The van der Waals surface area contributed by atoms with Crippen LogP contribution in [0.4, 0.5) is 20.2 Å². The lowest BCUT2D eigenvalue weighted by Gasteiger charge is -2.33. The van der Waals surface area contributed by atoms with Gasteiger partial charge in [0, 0.05) is 50.1 Å². The number of anilines is 1. The number of nitro benzene ring substituents is 1. The molecule has 1 saturated heterocycles. The maximum atomic E-state index is 13.2. The number of nitrogens with one attached hydrogen (secondary N) is 1. The largest absolute Gasteiger partial charge is 0.325 e. The molecule has 0 spiro atoms. The lowest BCUT2D eigenvalue weighted by Crippen LogP contribution is -2.50. The Kier molecular flexibility index (Phi) is 6.62. The average Bonchev–Trinajstić information content (AvgIpc) is 2.71. The molecule has 0 unspecified atom stereocenters. The molecule has 0 saturated carbocycles. The summed E-state index contributed by atoms with van der Waals surface area (Å²) in [4.78, 5) is 24.1. The molecule has 31 heavy (non-hydrogen) atoms. The number of non-ortho nitro benzene ring substituents is 1. The van der Waals surface area contributed by atoms with Crippen molar-refractivity contribution in [3.05, 3.63) is 63.7 Å². The van der Waals surface area contributed by atoms with E-state index in [1.807, 2.05) is 0 Å². The van der Waals surface area contributed by atoms with Crippen LogP contribution in [0.3, 0.4) is 0 Å². The number of rotatable bonds is 6. The van der Waals surface area contributed by atoms with Crippen LogP contribution >= 0.6 is 0 Å². The van der Waals surface area contributed by atoms with Gasteiger partial charge in [-0.05, 0) is 24.6 Å². The molecule has 166 valence electrons. The van der Waals surface area contributed by atoms with Gasteiger partial charge in [-0.3, -0.25) is 19.8 Å². The Morgan fingerprint density at radius 2 is 1.77 bits per heavy atom. The number of hydrogen-bond donors (Lipinski definition) is 1. The van der Waals surface area contributed by atoms with Gasteiger partial charge in [-0.1, -0.05) is 6.07 Å². The van der Waals surface area contributed by atoms with Crippen molar-refractivity contribution in [2.24, 2.45) is 0 Å². The number of nitro groups is 1. The molecule has 0 aliphatic carbocycles. The Labute approximate surface area is 177 Å². The molecule has 9 nitrogen and oxygen atoms in total. The summed E-state index contributed by atoms with van der Waals surface area (Å²) in [6, 6.07) is 6.71. The first-order valence-corrected chi connectivity index (χ1v) is 10.7. The molecule has 1 fully saturated rings. The summed E-state index contributed by atoms with van der Waals surface area (Å²) in [6.07, 6.45) is 0. The Bertz CT molecular complexity index is 1120. The van der Waals surface area contributed by atoms with Crippen LogP contribution in [0.5, 0.6) is 0 Å². The van der Waals surface area contributed by atoms with Crippen molar-refractivity contribution in [3.63, 3.8) is 0 Å². The van der Waals surface area contributed by atoms with Gasteiger partial charge < -0.3 is 5.32 Å². The van der Waals surface area contributed by atoms with E-state index in [0.717, 1.165) is 18.2 Å². The number of amides is 1. The maximum Gasteiger partial charge on any atom is 0.270 e. The van der Waals surface area contributed by atoms with Crippen LogP contribution in [0.1, 0.15) is 5.56 Å². The fourth-order valence-corrected chi connectivity index (χ4v) is 4.89. The van der Waals surface area contributed by atoms with E-state index in [-0.39, 0.29) is 49.0 Å². The maximum absolute atomic E-state index is 13.2. The molecule has 0 aromatic heterocycles. The topological polar surface area (TPSA) is 113 Å². The molecule has 0 atom stereocenters. The second-order valence-electron chi connectivity index (χ2n) is 7.06. The van der Waals surface area contributed by atoms with E-state index in [1.165, 1.54) is 22.5 Å². The number of hydrogen-bond acceptors (Lipinski definition) is 6. The summed E-state index contributed by atoms with van der Waals surface area (Å²) in [7, 11) is -3.93. The molecule has 1 aliphatic heterocycles. The molecular weight excluding hydrogens is 434 g/mol. The van der Waals surface area contributed by atoms with Crippen molar-refractivity contribution < 1.29 is 26.9 Å². The Balaban J connectivity index is 1.61. The second-order valence-corrected chi connectivity index (χ2v) is 8.97. The van der Waals surface area contributed by atoms with Crippen LogP contribution in [0.15, 0.2) is 41.3 Å². The van der Waals surface area contributed by atoms with E-state index in [2.05, 4.69) is 5.32 Å². The normalized spacial score (nSPS) is 15.6. The van der Waals surface area contributed by atoms with E-state index < -0.39 is 32.5 Å². The first-order valence-electron chi connectivity index (χ1n) is 9.30. The Morgan fingerprint density at radius 1 is 1.10 bits per heavy atom. The molecule has 1 amide bonds. The molecule has 1 heterocycles. The van der Waals surface area contributed by atoms with Crippen molar-refractivity contribution in [1.82, 2.24) is 9.21 Å². The fraction of sp³-hybridized carbons (Fsp3) is 0.316. The van der Waals surface area contributed by atoms with Crippen molar-refractivity contribution in [3.8, 4) is 0 Å². The van der Waals surface area contributed by atoms with E-state index in [0.29, 0.717) is 5.56 Å². The van der Waals surface area contributed by atoms with Crippen molar-refractivity contribution >= 4 is 27.3 Å². The molecule has 1 aliphatic rings. The highest BCUT2D eigenvalue weighted by atomic mass is 32.2. The number of piperazine rings is 1. The van der Waals surface area contributed by atoms with E-state index in [4.69, 9.17) is 0 Å². The summed E-state index contributed by atoms with van der Waals surface area (Å²) >= 11 is 0. The van der Waals surface area contributed by atoms with E-state index in [1.54, 1.807) is 11.8 Å². The van der Waals surface area contributed by atoms with Gasteiger partial charge in [0.15, 0.2) is 11.6 Å². The van der Waals surface area contributed by atoms with Crippen LogP contribution in [0.2, 0.25) is 0 Å². The van der Waals surface area contributed by atoms with Gasteiger partial charge in [0.2, 0.25) is 15.9 Å². The zero-order valence-electron chi connectivity index (χ0n) is 16.5. The average molecular weight is 454 g/mol. The lowest BCUT2D eigenvalue weighted by molar-refractivity contribution is -0.385. The third kappa shape index (κ3) is 5.21. The predicted octanol–water partition coefficient (Wildman–Crippen LogP) is 2.13. The summed E-state index contributed by atoms with van der Waals surface area (Å²) in [6.45, 7) is 2.24. The molecule has 12 heteroatoms. The SMILES string of the molecule is Cc1ccc([N+](=O)[O-])cc1S(=O)(=O)N1CCN(CC(=O)Nc2ccc(F)c(F)c2)CC1. The molecule has 3 rings (SSSR count).